The Balaban J connectivity index is 0.00000147. The maximum atomic E-state index is 6.53. The van der Waals surface area contributed by atoms with E-state index in [4.69, 9.17) is 11.6 Å². The number of piperazine rings is 1. The first-order valence-electron chi connectivity index (χ1n) is 6.69. The highest BCUT2D eigenvalue weighted by Crippen LogP contribution is 2.35. The fourth-order valence-corrected chi connectivity index (χ4v) is 2.92. The number of aromatic nitrogens is 1. The monoisotopic (exact) mass is 311 g/mol. The van der Waals surface area contributed by atoms with Gasteiger partial charge < -0.3 is 10.2 Å². The van der Waals surface area contributed by atoms with Gasteiger partial charge in [-0.2, -0.15) is 0 Å². The molecule has 0 saturated carbocycles. The number of benzene rings is 1. The van der Waals surface area contributed by atoms with Crippen molar-refractivity contribution >= 4 is 40.6 Å². The first-order chi connectivity index (χ1) is 9.16. The fraction of sp³-hybridized carbons (Fsp3) is 0.400. The van der Waals surface area contributed by atoms with Crippen LogP contribution < -0.4 is 10.2 Å². The molecule has 0 amide bonds. The average molecular weight is 312 g/mol. The SMILES string of the molecule is Cc1ccc2nc(C)c(Cl)c(N3CCNCC3)c2c1.Cl. The van der Waals surface area contributed by atoms with Crippen LogP contribution in [-0.2, 0) is 0 Å². The third-order valence-electron chi connectivity index (χ3n) is 3.65. The summed E-state index contributed by atoms with van der Waals surface area (Å²) in [6.07, 6.45) is 0. The standard InChI is InChI=1S/C15H18ClN3.ClH/c1-10-3-4-13-12(9-10)15(14(16)11(2)18-13)19-7-5-17-6-8-19;/h3-4,9,17H,5-8H2,1-2H3;1H. The molecule has 0 atom stereocenters. The largest absolute Gasteiger partial charge is 0.367 e. The topological polar surface area (TPSA) is 28.2 Å². The highest BCUT2D eigenvalue weighted by Gasteiger charge is 2.19. The van der Waals surface area contributed by atoms with Gasteiger partial charge in [-0.05, 0) is 26.0 Å². The molecule has 1 aromatic heterocycles. The first-order valence-corrected chi connectivity index (χ1v) is 7.07. The lowest BCUT2D eigenvalue weighted by Crippen LogP contribution is -2.43. The second kappa shape index (κ2) is 6.17. The number of halogens is 2. The summed E-state index contributed by atoms with van der Waals surface area (Å²) in [4.78, 5) is 6.97. The van der Waals surface area contributed by atoms with Crippen LogP contribution in [0.3, 0.4) is 0 Å². The maximum Gasteiger partial charge on any atom is 0.0858 e. The molecule has 108 valence electrons. The molecule has 3 nitrogen and oxygen atoms in total. The van der Waals surface area contributed by atoms with Gasteiger partial charge in [0.15, 0.2) is 0 Å². The molecule has 2 aromatic rings. The third kappa shape index (κ3) is 2.71. The van der Waals surface area contributed by atoms with Crippen molar-refractivity contribution in [2.45, 2.75) is 13.8 Å². The van der Waals surface area contributed by atoms with E-state index < -0.39 is 0 Å². The fourth-order valence-electron chi connectivity index (χ4n) is 2.65. The molecule has 0 radical (unpaired) electrons. The van der Waals surface area contributed by atoms with Crippen LogP contribution in [0.4, 0.5) is 5.69 Å². The van der Waals surface area contributed by atoms with Gasteiger partial charge in [-0.15, -0.1) is 12.4 Å². The summed E-state index contributed by atoms with van der Waals surface area (Å²) < 4.78 is 0. The van der Waals surface area contributed by atoms with Crippen molar-refractivity contribution in [1.82, 2.24) is 10.3 Å². The van der Waals surface area contributed by atoms with Crippen molar-refractivity contribution in [1.29, 1.82) is 0 Å². The molecule has 1 aromatic carbocycles. The summed E-state index contributed by atoms with van der Waals surface area (Å²) in [6, 6.07) is 6.37. The molecule has 0 bridgehead atoms. The minimum absolute atomic E-state index is 0. The molecule has 3 rings (SSSR count). The molecule has 1 aliphatic rings. The summed E-state index contributed by atoms with van der Waals surface area (Å²) in [5.41, 5.74) is 4.33. The van der Waals surface area contributed by atoms with Crippen molar-refractivity contribution in [2.75, 3.05) is 31.1 Å². The minimum Gasteiger partial charge on any atom is -0.367 e. The number of hydrogen-bond donors (Lipinski definition) is 1. The molecule has 1 N–H and O–H groups in total. The predicted octanol–water partition coefficient (Wildman–Crippen LogP) is 3.34. The van der Waals surface area contributed by atoms with E-state index in [-0.39, 0.29) is 12.4 Å². The number of nitrogens with one attached hydrogen (secondary N) is 1. The van der Waals surface area contributed by atoms with E-state index in [1.54, 1.807) is 0 Å². The molecule has 1 aliphatic heterocycles. The first kappa shape index (κ1) is 15.4. The molecule has 0 spiro atoms. The summed E-state index contributed by atoms with van der Waals surface area (Å²) in [5.74, 6) is 0. The number of hydrogen-bond acceptors (Lipinski definition) is 3. The van der Waals surface area contributed by atoms with Gasteiger partial charge in [0.25, 0.3) is 0 Å². The molecule has 5 heteroatoms. The van der Waals surface area contributed by atoms with Gasteiger partial charge >= 0.3 is 0 Å². The lowest BCUT2D eigenvalue weighted by molar-refractivity contribution is 0.590. The van der Waals surface area contributed by atoms with Crippen LogP contribution in [0.5, 0.6) is 0 Å². The second-order valence-corrected chi connectivity index (χ2v) is 5.50. The van der Waals surface area contributed by atoms with E-state index in [1.807, 2.05) is 6.92 Å². The molecule has 20 heavy (non-hydrogen) atoms. The summed E-state index contributed by atoms with van der Waals surface area (Å²) in [5, 5.41) is 5.33. The van der Waals surface area contributed by atoms with Crippen LogP contribution in [-0.4, -0.2) is 31.2 Å². The highest BCUT2D eigenvalue weighted by atomic mass is 35.5. The van der Waals surface area contributed by atoms with E-state index in [2.05, 4.69) is 40.3 Å². The Labute approximate surface area is 130 Å². The van der Waals surface area contributed by atoms with Crippen molar-refractivity contribution in [2.24, 2.45) is 0 Å². The average Bonchev–Trinajstić information content (AvgIpc) is 2.42. The van der Waals surface area contributed by atoms with Gasteiger partial charge in [-0.1, -0.05) is 23.2 Å². The Kier molecular flexibility index (Phi) is 4.74. The van der Waals surface area contributed by atoms with Crippen molar-refractivity contribution < 1.29 is 0 Å². The molecule has 2 heterocycles. The zero-order chi connectivity index (χ0) is 13.4. The van der Waals surface area contributed by atoms with Crippen LogP contribution >= 0.6 is 24.0 Å². The molecule has 0 aliphatic carbocycles. The Morgan fingerprint density at radius 2 is 1.90 bits per heavy atom. The highest BCUT2D eigenvalue weighted by molar-refractivity contribution is 6.35. The number of rotatable bonds is 1. The maximum absolute atomic E-state index is 6.53. The van der Waals surface area contributed by atoms with Gasteiger partial charge in [-0.25, -0.2) is 0 Å². The number of nitrogens with zero attached hydrogens (tertiary/aromatic N) is 2. The van der Waals surface area contributed by atoms with E-state index in [0.717, 1.165) is 53.5 Å². The molecular formula is C15H19Cl2N3. The summed E-state index contributed by atoms with van der Waals surface area (Å²) >= 11 is 6.53. The Bertz CT molecular complexity index is 622. The zero-order valence-corrected chi connectivity index (χ0v) is 13.3. The van der Waals surface area contributed by atoms with Gasteiger partial charge in [0.05, 0.1) is 21.9 Å². The van der Waals surface area contributed by atoms with Crippen LogP contribution in [0, 0.1) is 13.8 Å². The lowest BCUT2D eigenvalue weighted by atomic mass is 10.1. The van der Waals surface area contributed by atoms with E-state index in [1.165, 1.54) is 5.56 Å². The Morgan fingerprint density at radius 1 is 1.20 bits per heavy atom. The smallest absolute Gasteiger partial charge is 0.0858 e. The Morgan fingerprint density at radius 3 is 2.60 bits per heavy atom. The van der Waals surface area contributed by atoms with Crippen molar-refractivity contribution in [3.05, 3.63) is 34.5 Å². The van der Waals surface area contributed by atoms with Crippen LogP contribution in [0.25, 0.3) is 10.9 Å². The number of fused-ring (bicyclic) bond motifs is 1. The quantitative estimate of drug-likeness (QED) is 0.875. The van der Waals surface area contributed by atoms with Gasteiger partial charge in [-0.3, -0.25) is 4.98 Å². The lowest BCUT2D eigenvalue weighted by Gasteiger charge is -2.31. The second-order valence-electron chi connectivity index (χ2n) is 5.12. The number of pyridine rings is 1. The van der Waals surface area contributed by atoms with Crippen molar-refractivity contribution in [3.63, 3.8) is 0 Å². The Hall–Kier alpha value is -1.03. The minimum atomic E-state index is 0. The molecule has 0 unspecified atom stereocenters. The number of aryl methyl sites for hydroxylation is 2. The van der Waals surface area contributed by atoms with Gasteiger partial charge in [0, 0.05) is 31.6 Å². The summed E-state index contributed by atoms with van der Waals surface area (Å²) in [7, 11) is 0. The molecule has 1 fully saturated rings. The number of anilines is 1. The van der Waals surface area contributed by atoms with Crippen LogP contribution in [0.15, 0.2) is 18.2 Å². The van der Waals surface area contributed by atoms with Crippen molar-refractivity contribution in [3.8, 4) is 0 Å². The van der Waals surface area contributed by atoms with E-state index >= 15 is 0 Å². The van der Waals surface area contributed by atoms with Gasteiger partial charge in [0.2, 0.25) is 0 Å². The van der Waals surface area contributed by atoms with Gasteiger partial charge in [0.1, 0.15) is 0 Å². The third-order valence-corrected chi connectivity index (χ3v) is 4.11. The zero-order valence-electron chi connectivity index (χ0n) is 11.7. The molecular weight excluding hydrogens is 293 g/mol. The summed E-state index contributed by atoms with van der Waals surface area (Å²) in [6.45, 7) is 8.08. The predicted molar refractivity (Wildman–Crippen MR) is 88.6 cm³/mol. The molecule has 1 saturated heterocycles. The van der Waals surface area contributed by atoms with Crippen LogP contribution in [0.2, 0.25) is 5.02 Å². The van der Waals surface area contributed by atoms with E-state index in [9.17, 15) is 0 Å². The van der Waals surface area contributed by atoms with E-state index in [0.29, 0.717) is 0 Å². The van der Waals surface area contributed by atoms with Crippen LogP contribution in [0.1, 0.15) is 11.3 Å². The normalized spacial score (nSPS) is 15.2.